The highest BCUT2D eigenvalue weighted by Gasteiger charge is 2.15. The van der Waals surface area contributed by atoms with Crippen LogP contribution in [0.3, 0.4) is 0 Å². The molecule has 1 aromatic heterocycles. The normalized spacial score (nSPS) is 10.3. The first kappa shape index (κ1) is 23.0. The number of nitrogens with zero attached hydrogens (tertiary/aromatic N) is 1. The van der Waals surface area contributed by atoms with Crippen molar-refractivity contribution < 1.29 is 23.9 Å². The molecule has 2 amide bonds. The molecule has 0 bridgehead atoms. The molecular formula is C23H23N3O5S. The molecule has 0 aliphatic rings. The fourth-order valence-electron chi connectivity index (χ4n) is 2.65. The molecule has 3 rings (SSSR count). The molecule has 0 aliphatic carbocycles. The number of hydrogen-bond donors (Lipinski definition) is 2. The molecule has 166 valence electrons. The summed E-state index contributed by atoms with van der Waals surface area (Å²) < 4.78 is 10.7. The summed E-state index contributed by atoms with van der Waals surface area (Å²) in [6.07, 6.45) is 0. The lowest BCUT2D eigenvalue weighted by atomic mass is 10.2. The third-order valence-corrected chi connectivity index (χ3v) is 5.05. The lowest BCUT2D eigenvalue weighted by Crippen LogP contribution is -2.23. The molecular weight excluding hydrogens is 430 g/mol. The molecule has 2 N–H and O–H groups in total. The molecule has 0 atom stereocenters. The number of rotatable bonds is 9. The zero-order valence-electron chi connectivity index (χ0n) is 17.7. The second kappa shape index (κ2) is 11.1. The van der Waals surface area contributed by atoms with E-state index in [0.29, 0.717) is 28.6 Å². The molecule has 1 heterocycles. The van der Waals surface area contributed by atoms with Crippen LogP contribution >= 0.6 is 11.3 Å². The number of thiazole rings is 1. The molecule has 2 aromatic carbocycles. The van der Waals surface area contributed by atoms with Gasteiger partial charge >= 0.3 is 5.97 Å². The van der Waals surface area contributed by atoms with Crippen LogP contribution in [0.4, 0.5) is 5.69 Å². The van der Waals surface area contributed by atoms with Crippen LogP contribution < -0.4 is 15.4 Å². The highest BCUT2D eigenvalue weighted by molar-refractivity contribution is 7.09. The number of nitrogens with one attached hydrogen (secondary N) is 2. The minimum atomic E-state index is -0.700. The Morgan fingerprint density at radius 1 is 1.09 bits per heavy atom. The van der Waals surface area contributed by atoms with E-state index in [0.717, 1.165) is 5.56 Å². The number of benzene rings is 2. The van der Waals surface area contributed by atoms with Crippen molar-refractivity contribution in [2.45, 2.75) is 20.5 Å². The van der Waals surface area contributed by atoms with Gasteiger partial charge in [0.05, 0.1) is 0 Å². The molecule has 0 spiro atoms. The van der Waals surface area contributed by atoms with Crippen LogP contribution in [0.1, 0.15) is 38.3 Å². The molecule has 3 aromatic rings. The Morgan fingerprint density at radius 3 is 2.62 bits per heavy atom. The Balaban J connectivity index is 1.47. The van der Waals surface area contributed by atoms with Crippen molar-refractivity contribution in [3.63, 3.8) is 0 Å². The summed E-state index contributed by atoms with van der Waals surface area (Å²) in [5.41, 5.74) is 2.10. The summed E-state index contributed by atoms with van der Waals surface area (Å²) in [6.45, 7) is 4.06. The largest absolute Gasteiger partial charge is 0.486 e. The standard InChI is InChI=1S/C23H23N3O5S/c1-3-24-22(28)16-5-4-6-17(11-16)25-20(27)12-31-23(29)19-14-32-21(26-19)13-30-18-9-7-15(2)8-10-18/h4-11,14H,3,12-13H2,1-2H3,(H,24,28)(H,25,27). The fourth-order valence-corrected chi connectivity index (χ4v) is 3.33. The van der Waals surface area contributed by atoms with Crippen LogP contribution in [0.25, 0.3) is 0 Å². The topological polar surface area (TPSA) is 107 Å². The first-order valence-corrected chi connectivity index (χ1v) is 10.8. The number of hydrogen-bond acceptors (Lipinski definition) is 7. The summed E-state index contributed by atoms with van der Waals surface area (Å²) in [4.78, 5) is 40.4. The summed E-state index contributed by atoms with van der Waals surface area (Å²) in [5.74, 6) is -0.748. The average molecular weight is 454 g/mol. The van der Waals surface area contributed by atoms with Crippen molar-refractivity contribution in [2.75, 3.05) is 18.5 Å². The van der Waals surface area contributed by atoms with E-state index < -0.39 is 18.5 Å². The molecule has 8 nitrogen and oxygen atoms in total. The van der Waals surface area contributed by atoms with E-state index in [9.17, 15) is 14.4 Å². The van der Waals surface area contributed by atoms with Crippen LogP contribution in [0.5, 0.6) is 5.75 Å². The Labute approximate surface area is 189 Å². The van der Waals surface area contributed by atoms with Crippen LogP contribution in [-0.4, -0.2) is 35.9 Å². The van der Waals surface area contributed by atoms with Gasteiger partial charge in [-0.2, -0.15) is 0 Å². The highest BCUT2D eigenvalue weighted by Crippen LogP contribution is 2.17. The number of aryl methyl sites for hydroxylation is 1. The second-order valence-electron chi connectivity index (χ2n) is 6.79. The van der Waals surface area contributed by atoms with E-state index >= 15 is 0 Å². The maximum Gasteiger partial charge on any atom is 0.358 e. The first-order valence-electron chi connectivity index (χ1n) is 9.93. The predicted molar refractivity (Wildman–Crippen MR) is 121 cm³/mol. The van der Waals surface area contributed by atoms with Crippen LogP contribution in [-0.2, 0) is 16.1 Å². The number of aromatic nitrogens is 1. The smallest absolute Gasteiger partial charge is 0.358 e. The van der Waals surface area contributed by atoms with Crippen molar-refractivity contribution in [1.29, 1.82) is 0 Å². The lowest BCUT2D eigenvalue weighted by Gasteiger charge is -2.08. The van der Waals surface area contributed by atoms with Gasteiger partial charge in [-0.1, -0.05) is 23.8 Å². The third kappa shape index (κ3) is 6.64. The van der Waals surface area contributed by atoms with E-state index in [1.54, 1.807) is 29.6 Å². The number of anilines is 1. The van der Waals surface area contributed by atoms with E-state index in [4.69, 9.17) is 9.47 Å². The molecule has 0 unspecified atom stereocenters. The van der Waals surface area contributed by atoms with Gasteiger partial charge in [-0.05, 0) is 44.2 Å². The van der Waals surface area contributed by atoms with Crippen LogP contribution in [0, 0.1) is 6.92 Å². The van der Waals surface area contributed by atoms with Gasteiger partial charge in [0.15, 0.2) is 12.3 Å². The molecule has 0 fully saturated rings. The number of amides is 2. The van der Waals surface area contributed by atoms with E-state index in [-0.39, 0.29) is 18.2 Å². The quantitative estimate of drug-likeness (QED) is 0.480. The first-order chi connectivity index (χ1) is 15.4. The van der Waals surface area contributed by atoms with Crippen molar-refractivity contribution in [3.05, 3.63) is 75.7 Å². The van der Waals surface area contributed by atoms with E-state index in [1.165, 1.54) is 11.3 Å². The molecule has 32 heavy (non-hydrogen) atoms. The van der Waals surface area contributed by atoms with Gasteiger partial charge in [-0.25, -0.2) is 9.78 Å². The van der Waals surface area contributed by atoms with Crippen molar-refractivity contribution in [3.8, 4) is 5.75 Å². The Kier molecular flexibility index (Phi) is 7.93. The average Bonchev–Trinajstić information content (AvgIpc) is 3.27. The van der Waals surface area contributed by atoms with Gasteiger partial charge < -0.3 is 20.1 Å². The third-order valence-electron chi connectivity index (χ3n) is 4.22. The molecule has 0 saturated carbocycles. The monoisotopic (exact) mass is 453 g/mol. The Morgan fingerprint density at radius 2 is 1.88 bits per heavy atom. The molecule has 0 radical (unpaired) electrons. The summed E-state index contributed by atoms with van der Waals surface area (Å²) in [6, 6.07) is 14.1. The number of esters is 1. The predicted octanol–water partition coefficient (Wildman–Crippen LogP) is 3.58. The maximum absolute atomic E-state index is 12.2. The fraction of sp³-hybridized carbons (Fsp3) is 0.217. The van der Waals surface area contributed by atoms with Gasteiger partial charge in [-0.15, -0.1) is 11.3 Å². The second-order valence-corrected chi connectivity index (χ2v) is 7.74. The molecule has 9 heteroatoms. The number of carbonyl (C=O) groups is 3. The Hall–Kier alpha value is -3.72. The van der Waals surface area contributed by atoms with E-state index in [2.05, 4.69) is 15.6 Å². The van der Waals surface area contributed by atoms with Gasteiger partial charge in [0.2, 0.25) is 0 Å². The lowest BCUT2D eigenvalue weighted by molar-refractivity contribution is -0.119. The van der Waals surface area contributed by atoms with Crippen LogP contribution in [0.2, 0.25) is 0 Å². The summed E-state index contributed by atoms with van der Waals surface area (Å²) >= 11 is 1.27. The van der Waals surface area contributed by atoms with Gasteiger partial charge in [0.1, 0.15) is 17.4 Å². The zero-order valence-corrected chi connectivity index (χ0v) is 18.5. The SMILES string of the molecule is CCNC(=O)c1cccc(NC(=O)COC(=O)c2csc(COc3ccc(C)cc3)n2)c1. The van der Waals surface area contributed by atoms with Gasteiger partial charge in [0.25, 0.3) is 11.8 Å². The number of ether oxygens (including phenoxy) is 2. The summed E-state index contributed by atoms with van der Waals surface area (Å²) in [7, 11) is 0. The minimum absolute atomic E-state index is 0.114. The number of carbonyl (C=O) groups excluding carboxylic acids is 3. The molecule has 0 aliphatic heterocycles. The van der Waals surface area contributed by atoms with Crippen molar-refractivity contribution in [2.24, 2.45) is 0 Å². The van der Waals surface area contributed by atoms with E-state index in [1.807, 2.05) is 38.1 Å². The maximum atomic E-state index is 12.2. The molecule has 0 saturated heterocycles. The van der Waals surface area contributed by atoms with Crippen LogP contribution in [0.15, 0.2) is 53.9 Å². The van der Waals surface area contributed by atoms with Crippen molar-refractivity contribution in [1.82, 2.24) is 10.3 Å². The minimum Gasteiger partial charge on any atom is -0.486 e. The highest BCUT2D eigenvalue weighted by atomic mass is 32.1. The van der Waals surface area contributed by atoms with Gasteiger partial charge in [-0.3, -0.25) is 9.59 Å². The summed E-state index contributed by atoms with van der Waals surface area (Å²) in [5, 5.41) is 7.46. The van der Waals surface area contributed by atoms with Gasteiger partial charge in [0, 0.05) is 23.2 Å². The Bertz CT molecular complexity index is 1100. The zero-order chi connectivity index (χ0) is 22.9. The van der Waals surface area contributed by atoms with Crippen molar-refractivity contribution >= 4 is 34.8 Å².